The first-order chi connectivity index (χ1) is 15.2. The fourth-order valence-corrected chi connectivity index (χ4v) is 2.91. The van der Waals surface area contributed by atoms with Gasteiger partial charge < -0.3 is 19.3 Å². The molecule has 0 radical (unpaired) electrons. The Bertz CT molecular complexity index is 1160. The number of hydrogen-bond acceptors (Lipinski definition) is 6. The molecule has 1 aromatic heterocycles. The number of para-hydroxylation sites is 2. The van der Waals surface area contributed by atoms with E-state index >= 15 is 0 Å². The van der Waals surface area contributed by atoms with Crippen LogP contribution in [0.15, 0.2) is 83.4 Å². The molecule has 0 fully saturated rings. The molecular formula is C24H21N3O4. The van der Waals surface area contributed by atoms with Crippen molar-refractivity contribution in [3.8, 4) is 22.9 Å². The Morgan fingerprint density at radius 2 is 1.77 bits per heavy atom. The van der Waals surface area contributed by atoms with E-state index in [-0.39, 0.29) is 19.1 Å². The maximum absolute atomic E-state index is 12.2. The summed E-state index contributed by atoms with van der Waals surface area (Å²) < 4.78 is 16.7. The second-order valence-electron chi connectivity index (χ2n) is 6.82. The Kier molecular flexibility index (Phi) is 6.23. The summed E-state index contributed by atoms with van der Waals surface area (Å²) in [5.41, 5.74) is 2.44. The fourth-order valence-electron chi connectivity index (χ4n) is 2.91. The van der Waals surface area contributed by atoms with Gasteiger partial charge in [-0.15, -0.1) is 0 Å². The van der Waals surface area contributed by atoms with E-state index in [0.717, 1.165) is 11.3 Å². The van der Waals surface area contributed by atoms with Crippen molar-refractivity contribution in [1.82, 2.24) is 10.1 Å². The molecule has 0 unspecified atom stereocenters. The zero-order chi connectivity index (χ0) is 21.5. The Morgan fingerprint density at radius 3 is 2.61 bits per heavy atom. The van der Waals surface area contributed by atoms with E-state index in [1.54, 1.807) is 12.1 Å². The molecule has 0 bridgehead atoms. The molecule has 1 heterocycles. The summed E-state index contributed by atoms with van der Waals surface area (Å²) in [6.45, 7) is 2.00. The third-order valence-electron chi connectivity index (χ3n) is 4.36. The van der Waals surface area contributed by atoms with Crippen LogP contribution in [0.2, 0.25) is 0 Å². The van der Waals surface area contributed by atoms with Crippen molar-refractivity contribution >= 4 is 11.6 Å². The highest BCUT2D eigenvalue weighted by Crippen LogP contribution is 2.28. The number of nitrogens with zero attached hydrogens (tertiary/aromatic N) is 2. The van der Waals surface area contributed by atoms with Gasteiger partial charge in [0.1, 0.15) is 11.5 Å². The molecule has 1 N–H and O–H groups in total. The van der Waals surface area contributed by atoms with Crippen LogP contribution in [0.4, 0.5) is 5.69 Å². The molecule has 7 heteroatoms. The molecule has 0 spiro atoms. The molecule has 0 aliphatic rings. The number of carbonyl (C=O) groups is 1. The number of nitrogens with one attached hydrogen (secondary N) is 1. The van der Waals surface area contributed by atoms with E-state index in [2.05, 4.69) is 15.5 Å². The predicted octanol–water partition coefficient (Wildman–Crippen LogP) is 4.64. The van der Waals surface area contributed by atoms with E-state index < -0.39 is 0 Å². The van der Waals surface area contributed by atoms with Gasteiger partial charge in [0.15, 0.2) is 13.2 Å². The fraction of sp³-hybridized carbons (Fsp3) is 0.125. The number of carbonyl (C=O) groups excluding carboxylic acids is 1. The average molecular weight is 415 g/mol. The van der Waals surface area contributed by atoms with Gasteiger partial charge in [-0.1, -0.05) is 47.6 Å². The summed E-state index contributed by atoms with van der Waals surface area (Å²) in [5.74, 6) is 1.65. The number of aromatic nitrogens is 2. The standard InChI is InChI=1S/C24H21N3O4/c1-17-8-7-11-19(14-17)29-16-23-26-24(27-31-23)20-12-5-6-13-21(20)30-15-22(28)25-18-9-3-2-4-10-18/h2-14H,15-16H2,1H3,(H,25,28). The number of aryl methyl sites for hydroxylation is 1. The summed E-state index contributed by atoms with van der Waals surface area (Å²) in [7, 11) is 0. The minimum absolute atomic E-state index is 0.146. The molecule has 3 aromatic carbocycles. The molecule has 4 aromatic rings. The minimum Gasteiger partial charge on any atom is -0.484 e. The topological polar surface area (TPSA) is 86.5 Å². The summed E-state index contributed by atoms with van der Waals surface area (Å²) >= 11 is 0. The second-order valence-corrected chi connectivity index (χ2v) is 6.82. The molecule has 0 aliphatic heterocycles. The molecular weight excluding hydrogens is 394 g/mol. The zero-order valence-corrected chi connectivity index (χ0v) is 16.9. The van der Waals surface area contributed by atoms with Crippen LogP contribution in [-0.4, -0.2) is 22.7 Å². The summed E-state index contributed by atoms with van der Waals surface area (Å²) in [6, 6.07) is 24.1. The highest BCUT2D eigenvalue weighted by atomic mass is 16.5. The lowest BCUT2D eigenvalue weighted by atomic mass is 10.2. The van der Waals surface area contributed by atoms with Crippen LogP contribution < -0.4 is 14.8 Å². The van der Waals surface area contributed by atoms with Gasteiger partial charge in [0, 0.05) is 5.69 Å². The van der Waals surface area contributed by atoms with Crippen molar-refractivity contribution in [2.24, 2.45) is 0 Å². The maximum Gasteiger partial charge on any atom is 0.264 e. The molecule has 7 nitrogen and oxygen atoms in total. The number of benzene rings is 3. The number of rotatable bonds is 8. The van der Waals surface area contributed by atoms with Gasteiger partial charge in [-0.05, 0) is 48.9 Å². The quantitative estimate of drug-likeness (QED) is 0.451. The van der Waals surface area contributed by atoms with E-state index in [4.69, 9.17) is 14.0 Å². The van der Waals surface area contributed by atoms with Crippen LogP contribution in [0, 0.1) is 6.92 Å². The van der Waals surface area contributed by atoms with Crippen LogP contribution in [0.3, 0.4) is 0 Å². The van der Waals surface area contributed by atoms with Crippen LogP contribution in [-0.2, 0) is 11.4 Å². The highest BCUT2D eigenvalue weighted by molar-refractivity contribution is 5.91. The van der Waals surface area contributed by atoms with Gasteiger partial charge >= 0.3 is 0 Å². The molecule has 0 saturated heterocycles. The highest BCUT2D eigenvalue weighted by Gasteiger charge is 2.15. The average Bonchev–Trinajstić information content (AvgIpc) is 3.26. The molecule has 4 rings (SSSR count). The Hall–Kier alpha value is -4.13. The maximum atomic E-state index is 12.2. The van der Waals surface area contributed by atoms with Crippen LogP contribution >= 0.6 is 0 Å². The first-order valence-electron chi connectivity index (χ1n) is 9.76. The number of amides is 1. The summed E-state index contributed by atoms with van der Waals surface area (Å²) in [6.07, 6.45) is 0. The first kappa shape index (κ1) is 20.2. The molecule has 31 heavy (non-hydrogen) atoms. The van der Waals surface area contributed by atoms with Gasteiger partial charge in [-0.25, -0.2) is 0 Å². The Labute approximate surface area is 179 Å². The lowest BCUT2D eigenvalue weighted by Gasteiger charge is -2.09. The van der Waals surface area contributed by atoms with Gasteiger partial charge in [0.25, 0.3) is 11.8 Å². The third-order valence-corrected chi connectivity index (χ3v) is 4.36. The SMILES string of the molecule is Cc1cccc(OCc2nc(-c3ccccc3OCC(=O)Nc3ccccc3)no2)c1. The van der Waals surface area contributed by atoms with Crippen molar-refractivity contribution in [3.63, 3.8) is 0 Å². The smallest absolute Gasteiger partial charge is 0.264 e. The van der Waals surface area contributed by atoms with Crippen molar-refractivity contribution < 1.29 is 18.8 Å². The zero-order valence-electron chi connectivity index (χ0n) is 16.9. The normalized spacial score (nSPS) is 10.5. The lowest BCUT2D eigenvalue weighted by molar-refractivity contribution is -0.118. The first-order valence-corrected chi connectivity index (χ1v) is 9.76. The summed E-state index contributed by atoms with van der Waals surface area (Å²) in [5, 5.41) is 6.81. The number of hydrogen-bond donors (Lipinski definition) is 1. The molecule has 1 amide bonds. The summed E-state index contributed by atoms with van der Waals surface area (Å²) in [4.78, 5) is 16.6. The number of ether oxygens (including phenoxy) is 2. The lowest BCUT2D eigenvalue weighted by Crippen LogP contribution is -2.20. The van der Waals surface area contributed by atoms with Crippen molar-refractivity contribution in [2.75, 3.05) is 11.9 Å². The van der Waals surface area contributed by atoms with Crippen molar-refractivity contribution in [3.05, 3.63) is 90.3 Å². The van der Waals surface area contributed by atoms with Gasteiger partial charge in [0.05, 0.1) is 5.56 Å². The minimum atomic E-state index is -0.263. The second kappa shape index (κ2) is 9.58. The van der Waals surface area contributed by atoms with E-state index in [9.17, 15) is 4.79 Å². The molecule has 156 valence electrons. The molecule has 0 atom stereocenters. The predicted molar refractivity (Wildman–Crippen MR) is 116 cm³/mol. The Morgan fingerprint density at radius 1 is 0.968 bits per heavy atom. The van der Waals surface area contributed by atoms with Gasteiger partial charge in [0.2, 0.25) is 5.82 Å². The largest absolute Gasteiger partial charge is 0.484 e. The monoisotopic (exact) mass is 415 g/mol. The van der Waals surface area contributed by atoms with Gasteiger partial charge in [-0.3, -0.25) is 4.79 Å². The van der Waals surface area contributed by atoms with Crippen LogP contribution in [0.25, 0.3) is 11.4 Å². The number of anilines is 1. The van der Waals surface area contributed by atoms with E-state index in [0.29, 0.717) is 28.7 Å². The molecule has 0 aliphatic carbocycles. The molecule has 0 saturated carbocycles. The van der Waals surface area contributed by atoms with Crippen molar-refractivity contribution in [1.29, 1.82) is 0 Å². The van der Waals surface area contributed by atoms with E-state index in [1.807, 2.05) is 73.7 Å². The van der Waals surface area contributed by atoms with Crippen molar-refractivity contribution in [2.45, 2.75) is 13.5 Å². The van der Waals surface area contributed by atoms with Crippen LogP contribution in [0.1, 0.15) is 11.5 Å². The Balaban J connectivity index is 1.39. The van der Waals surface area contributed by atoms with E-state index in [1.165, 1.54) is 0 Å². The van der Waals surface area contributed by atoms with Crippen LogP contribution in [0.5, 0.6) is 11.5 Å². The van der Waals surface area contributed by atoms with Gasteiger partial charge in [-0.2, -0.15) is 4.98 Å². The third kappa shape index (κ3) is 5.48.